The van der Waals surface area contributed by atoms with E-state index in [-0.39, 0.29) is 13.0 Å². The second-order valence-corrected chi connectivity index (χ2v) is 4.42. The van der Waals surface area contributed by atoms with E-state index in [2.05, 4.69) is 0 Å². The molecule has 1 aliphatic heterocycles. The molecule has 1 heterocycles. The molecule has 0 bridgehead atoms. The van der Waals surface area contributed by atoms with Gasteiger partial charge in [-0.3, -0.25) is 0 Å². The molecular weight excluding hydrogens is 229 g/mol. The standard InChI is InChI=1S/C12H15F3N2/c13-12(14,15)9-3-2-6-17(8-9)11-5-1-4-10(16)7-11/h1,4-5,7,9H,2-3,6,8,16H2. The number of benzene rings is 1. The molecule has 94 valence electrons. The molecule has 5 heteroatoms. The summed E-state index contributed by atoms with van der Waals surface area (Å²) in [6.45, 7) is 0.697. The molecule has 2 rings (SSSR count). The lowest BCUT2D eigenvalue weighted by atomic mass is 9.97. The maximum Gasteiger partial charge on any atom is 0.393 e. The van der Waals surface area contributed by atoms with E-state index in [1.165, 1.54) is 0 Å². The number of piperidine rings is 1. The predicted octanol–water partition coefficient (Wildman–Crippen LogP) is 3.05. The van der Waals surface area contributed by atoms with Crippen LogP contribution in [-0.2, 0) is 0 Å². The zero-order valence-electron chi connectivity index (χ0n) is 9.37. The number of rotatable bonds is 1. The lowest BCUT2D eigenvalue weighted by Crippen LogP contribution is -2.41. The molecule has 1 unspecified atom stereocenters. The van der Waals surface area contributed by atoms with Crippen molar-refractivity contribution >= 4 is 11.4 Å². The molecule has 0 aliphatic carbocycles. The van der Waals surface area contributed by atoms with Crippen molar-refractivity contribution < 1.29 is 13.2 Å². The third kappa shape index (κ3) is 2.84. The fraction of sp³-hybridized carbons (Fsp3) is 0.500. The highest BCUT2D eigenvalue weighted by molar-refractivity contribution is 5.56. The van der Waals surface area contributed by atoms with Crippen LogP contribution in [0.4, 0.5) is 24.5 Å². The van der Waals surface area contributed by atoms with Gasteiger partial charge in [-0.05, 0) is 31.0 Å². The van der Waals surface area contributed by atoms with Crippen molar-refractivity contribution in [1.29, 1.82) is 0 Å². The van der Waals surface area contributed by atoms with Gasteiger partial charge < -0.3 is 10.6 Å². The third-order valence-corrected chi connectivity index (χ3v) is 3.12. The van der Waals surface area contributed by atoms with Crippen LogP contribution < -0.4 is 10.6 Å². The quantitative estimate of drug-likeness (QED) is 0.769. The minimum absolute atomic E-state index is 0.0347. The molecular formula is C12H15F3N2. The van der Waals surface area contributed by atoms with Gasteiger partial charge in [0.05, 0.1) is 5.92 Å². The first-order valence-corrected chi connectivity index (χ1v) is 5.64. The van der Waals surface area contributed by atoms with Gasteiger partial charge in [0, 0.05) is 24.5 Å². The number of nitrogens with zero attached hydrogens (tertiary/aromatic N) is 1. The second kappa shape index (κ2) is 4.47. The van der Waals surface area contributed by atoms with Gasteiger partial charge in [-0.2, -0.15) is 13.2 Å². The summed E-state index contributed by atoms with van der Waals surface area (Å²) in [5.74, 6) is -1.22. The summed E-state index contributed by atoms with van der Waals surface area (Å²) in [4.78, 5) is 1.76. The molecule has 1 saturated heterocycles. The van der Waals surface area contributed by atoms with Gasteiger partial charge >= 0.3 is 6.18 Å². The highest BCUT2D eigenvalue weighted by atomic mass is 19.4. The number of alkyl halides is 3. The minimum atomic E-state index is -4.10. The van der Waals surface area contributed by atoms with Crippen molar-refractivity contribution in [2.24, 2.45) is 5.92 Å². The van der Waals surface area contributed by atoms with E-state index >= 15 is 0 Å². The first kappa shape index (κ1) is 12.1. The Kier molecular flexibility index (Phi) is 3.17. The van der Waals surface area contributed by atoms with Gasteiger partial charge in [0.25, 0.3) is 0 Å². The van der Waals surface area contributed by atoms with Crippen LogP contribution in [0.25, 0.3) is 0 Å². The molecule has 1 aliphatic rings. The summed E-state index contributed by atoms with van der Waals surface area (Å²) in [5.41, 5.74) is 6.99. The van der Waals surface area contributed by atoms with Gasteiger partial charge in [0.1, 0.15) is 0 Å². The molecule has 2 N–H and O–H groups in total. The van der Waals surface area contributed by atoms with Crippen LogP contribution in [0.1, 0.15) is 12.8 Å². The van der Waals surface area contributed by atoms with E-state index < -0.39 is 12.1 Å². The molecule has 0 aromatic heterocycles. The summed E-state index contributed by atoms with van der Waals surface area (Å²) >= 11 is 0. The van der Waals surface area contributed by atoms with Crippen LogP contribution in [0.5, 0.6) is 0 Å². The van der Waals surface area contributed by atoms with Gasteiger partial charge in [0.15, 0.2) is 0 Å². The Morgan fingerprint density at radius 3 is 2.71 bits per heavy atom. The summed E-state index contributed by atoms with van der Waals surface area (Å²) in [7, 11) is 0. The van der Waals surface area contributed by atoms with E-state index in [0.29, 0.717) is 18.7 Å². The Morgan fingerprint density at radius 2 is 2.06 bits per heavy atom. The van der Waals surface area contributed by atoms with Crippen molar-refractivity contribution in [2.75, 3.05) is 23.7 Å². The number of nitrogens with two attached hydrogens (primary N) is 1. The fourth-order valence-electron chi connectivity index (χ4n) is 2.20. The summed E-state index contributed by atoms with van der Waals surface area (Å²) in [5, 5.41) is 0. The number of hydrogen-bond acceptors (Lipinski definition) is 2. The van der Waals surface area contributed by atoms with E-state index in [1.807, 2.05) is 0 Å². The fourth-order valence-corrected chi connectivity index (χ4v) is 2.20. The summed E-state index contributed by atoms with van der Waals surface area (Å²) in [6.07, 6.45) is -3.31. The molecule has 1 atom stereocenters. The molecule has 0 amide bonds. The molecule has 17 heavy (non-hydrogen) atoms. The van der Waals surface area contributed by atoms with Crippen molar-refractivity contribution in [3.63, 3.8) is 0 Å². The van der Waals surface area contributed by atoms with Crippen molar-refractivity contribution in [2.45, 2.75) is 19.0 Å². The highest BCUT2D eigenvalue weighted by Gasteiger charge is 2.41. The van der Waals surface area contributed by atoms with Crippen LogP contribution in [0.15, 0.2) is 24.3 Å². The van der Waals surface area contributed by atoms with Crippen molar-refractivity contribution in [3.8, 4) is 0 Å². The van der Waals surface area contributed by atoms with E-state index in [4.69, 9.17) is 5.73 Å². The Bertz CT molecular complexity index is 390. The highest BCUT2D eigenvalue weighted by Crippen LogP contribution is 2.34. The van der Waals surface area contributed by atoms with E-state index in [1.54, 1.807) is 29.2 Å². The maximum absolute atomic E-state index is 12.7. The van der Waals surface area contributed by atoms with Crippen molar-refractivity contribution in [1.82, 2.24) is 0 Å². The van der Waals surface area contributed by atoms with Crippen LogP contribution in [0.3, 0.4) is 0 Å². The third-order valence-electron chi connectivity index (χ3n) is 3.12. The molecule has 2 nitrogen and oxygen atoms in total. The van der Waals surface area contributed by atoms with Crippen LogP contribution in [-0.4, -0.2) is 19.3 Å². The van der Waals surface area contributed by atoms with Gasteiger partial charge in [-0.1, -0.05) is 6.07 Å². The normalized spacial score (nSPS) is 21.6. The number of nitrogen functional groups attached to an aromatic ring is 1. The zero-order chi connectivity index (χ0) is 12.5. The van der Waals surface area contributed by atoms with Crippen LogP contribution in [0, 0.1) is 5.92 Å². The van der Waals surface area contributed by atoms with Gasteiger partial charge in [0.2, 0.25) is 0 Å². The lowest BCUT2D eigenvalue weighted by Gasteiger charge is -2.35. The first-order valence-electron chi connectivity index (χ1n) is 5.64. The topological polar surface area (TPSA) is 29.3 Å². The van der Waals surface area contributed by atoms with Crippen molar-refractivity contribution in [3.05, 3.63) is 24.3 Å². The average molecular weight is 244 g/mol. The molecule has 1 aromatic carbocycles. The molecule has 1 aromatic rings. The average Bonchev–Trinajstić information content (AvgIpc) is 2.28. The zero-order valence-corrected chi connectivity index (χ0v) is 9.37. The monoisotopic (exact) mass is 244 g/mol. The predicted molar refractivity (Wildman–Crippen MR) is 61.8 cm³/mol. The number of hydrogen-bond donors (Lipinski definition) is 1. The Labute approximate surface area is 98.2 Å². The van der Waals surface area contributed by atoms with E-state index in [9.17, 15) is 13.2 Å². The smallest absolute Gasteiger partial charge is 0.393 e. The SMILES string of the molecule is Nc1cccc(N2CCCC(C(F)(F)F)C2)c1. The van der Waals surface area contributed by atoms with Gasteiger partial charge in [-0.15, -0.1) is 0 Å². The second-order valence-electron chi connectivity index (χ2n) is 4.42. The largest absolute Gasteiger partial charge is 0.399 e. The van der Waals surface area contributed by atoms with Crippen LogP contribution in [0.2, 0.25) is 0 Å². The minimum Gasteiger partial charge on any atom is -0.399 e. The Balaban J connectivity index is 2.12. The van der Waals surface area contributed by atoms with Gasteiger partial charge in [-0.25, -0.2) is 0 Å². The first-order chi connectivity index (χ1) is 7.97. The molecule has 0 spiro atoms. The summed E-state index contributed by atoms with van der Waals surface area (Å²) in [6, 6.07) is 7.02. The van der Waals surface area contributed by atoms with Crippen LogP contribution >= 0.6 is 0 Å². The Hall–Kier alpha value is -1.39. The number of anilines is 2. The molecule has 1 fully saturated rings. The molecule has 0 saturated carbocycles. The number of halogens is 3. The summed E-state index contributed by atoms with van der Waals surface area (Å²) < 4.78 is 38.0. The lowest BCUT2D eigenvalue weighted by molar-refractivity contribution is -0.175. The maximum atomic E-state index is 12.7. The van der Waals surface area contributed by atoms with E-state index in [0.717, 1.165) is 5.69 Å². The Morgan fingerprint density at radius 1 is 1.29 bits per heavy atom. The molecule has 0 radical (unpaired) electrons.